The summed E-state index contributed by atoms with van der Waals surface area (Å²) in [6.45, 7) is 0.846. The third-order valence-electron chi connectivity index (χ3n) is 3.46. The molecule has 0 spiro atoms. The molecule has 19 heavy (non-hydrogen) atoms. The van der Waals surface area contributed by atoms with Gasteiger partial charge in [-0.05, 0) is 12.5 Å². The first kappa shape index (κ1) is 13.4. The number of piperidine rings is 1. The first-order valence-electron chi connectivity index (χ1n) is 6.30. The maximum absolute atomic E-state index is 11.9. The molecule has 0 unspecified atom stereocenters. The van der Waals surface area contributed by atoms with Crippen LogP contribution in [0.25, 0.3) is 0 Å². The van der Waals surface area contributed by atoms with Gasteiger partial charge in [-0.25, -0.2) is 0 Å². The minimum atomic E-state index is -0.336. The average Bonchev–Trinajstić information content (AvgIpc) is 2.41. The molecule has 0 saturated carbocycles. The van der Waals surface area contributed by atoms with Crippen molar-refractivity contribution in [1.29, 1.82) is 0 Å². The van der Waals surface area contributed by atoms with Gasteiger partial charge in [0.15, 0.2) is 0 Å². The number of ether oxygens (including phenoxy) is 1. The smallest absolute Gasteiger partial charge is 0.222 e. The number of nitrogens with zero attached hydrogens (tertiary/aromatic N) is 1. The molecule has 2 rings (SSSR count). The summed E-state index contributed by atoms with van der Waals surface area (Å²) >= 11 is 0. The second-order valence-corrected chi connectivity index (χ2v) is 4.72. The second-order valence-electron chi connectivity index (χ2n) is 4.72. The van der Waals surface area contributed by atoms with Gasteiger partial charge in [0, 0.05) is 25.1 Å². The molecule has 1 aromatic rings. The number of primary amides is 1. The molecular weight excluding hydrogens is 244 g/mol. The van der Waals surface area contributed by atoms with Crippen molar-refractivity contribution in [2.24, 2.45) is 11.7 Å². The summed E-state index contributed by atoms with van der Waals surface area (Å²) in [5, 5.41) is 0. The standard InChI is InChI=1S/C14H18N2O3/c1-19-12-5-3-2-4-10(12)8-16-9-11(14(15)18)6-7-13(16)17/h2-5,11H,6-9H2,1H3,(H2,15,18)/t11-/m1/s1. The zero-order valence-corrected chi connectivity index (χ0v) is 11.0. The van der Waals surface area contributed by atoms with Crippen molar-refractivity contribution in [3.8, 4) is 5.75 Å². The van der Waals surface area contributed by atoms with Crippen LogP contribution in [0.3, 0.4) is 0 Å². The normalized spacial score (nSPS) is 19.3. The monoisotopic (exact) mass is 262 g/mol. The number of para-hydroxylation sites is 1. The van der Waals surface area contributed by atoms with Gasteiger partial charge in [-0.2, -0.15) is 0 Å². The summed E-state index contributed by atoms with van der Waals surface area (Å²) in [6, 6.07) is 7.56. The van der Waals surface area contributed by atoms with Crippen LogP contribution in [0.4, 0.5) is 0 Å². The Bertz CT molecular complexity index is 487. The van der Waals surface area contributed by atoms with Crippen molar-refractivity contribution in [2.75, 3.05) is 13.7 Å². The van der Waals surface area contributed by atoms with Crippen molar-refractivity contribution < 1.29 is 14.3 Å². The fourth-order valence-electron chi connectivity index (χ4n) is 2.34. The first-order chi connectivity index (χ1) is 9.11. The van der Waals surface area contributed by atoms with Crippen molar-refractivity contribution >= 4 is 11.8 Å². The van der Waals surface area contributed by atoms with Gasteiger partial charge >= 0.3 is 0 Å². The van der Waals surface area contributed by atoms with Crippen LogP contribution in [0.5, 0.6) is 5.75 Å². The summed E-state index contributed by atoms with van der Waals surface area (Å²) in [4.78, 5) is 24.8. The van der Waals surface area contributed by atoms with Gasteiger partial charge < -0.3 is 15.4 Å². The summed E-state index contributed by atoms with van der Waals surface area (Å²) in [7, 11) is 1.60. The van der Waals surface area contributed by atoms with Gasteiger partial charge in [0.2, 0.25) is 11.8 Å². The molecule has 1 aliphatic heterocycles. The number of nitrogens with two attached hydrogens (primary N) is 1. The van der Waals surface area contributed by atoms with Gasteiger partial charge in [-0.1, -0.05) is 18.2 Å². The minimum Gasteiger partial charge on any atom is -0.496 e. The van der Waals surface area contributed by atoms with Gasteiger partial charge in [-0.3, -0.25) is 9.59 Å². The third-order valence-corrected chi connectivity index (χ3v) is 3.46. The molecule has 1 aliphatic rings. The topological polar surface area (TPSA) is 72.6 Å². The van der Waals surface area contributed by atoms with E-state index in [-0.39, 0.29) is 17.7 Å². The van der Waals surface area contributed by atoms with Gasteiger partial charge in [0.25, 0.3) is 0 Å². The van der Waals surface area contributed by atoms with Crippen molar-refractivity contribution in [1.82, 2.24) is 4.90 Å². The van der Waals surface area contributed by atoms with E-state index in [1.165, 1.54) is 0 Å². The lowest BCUT2D eigenvalue weighted by Crippen LogP contribution is -2.43. The van der Waals surface area contributed by atoms with E-state index in [2.05, 4.69) is 0 Å². The number of rotatable bonds is 4. The number of hydrogen-bond acceptors (Lipinski definition) is 3. The molecule has 1 aromatic carbocycles. The van der Waals surface area contributed by atoms with E-state index in [0.717, 1.165) is 11.3 Å². The molecule has 0 aromatic heterocycles. The number of carbonyl (C=O) groups is 2. The van der Waals surface area contributed by atoms with Gasteiger partial charge in [0.1, 0.15) is 5.75 Å². The highest BCUT2D eigenvalue weighted by atomic mass is 16.5. The van der Waals surface area contributed by atoms with Crippen molar-refractivity contribution in [3.63, 3.8) is 0 Å². The molecule has 1 saturated heterocycles. The Hall–Kier alpha value is -2.04. The molecule has 5 nitrogen and oxygen atoms in total. The number of methoxy groups -OCH3 is 1. The molecule has 5 heteroatoms. The van der Waals surface area contributed by atoms with E-state index >= 15 is 0 Å². The Morgan fingerprint density at radius 3 is 2.89 bits per heavy atom. The van der Waals surface area contributed by atoms with Crippen LogP contribution in [0.2, 0.25) is 0 Å². The van der Waals surface area contributed by atoms with Gasteiger partial charge in [0.05, 0.1) is 13.0 Å². The average molecular weight is 262 g/mol. The molecule has 1 atom stereocenters. The summed E-state index contributed by atoms with van der Waals surface area (Å²) in [6.07, 6.45) is 0.930. The predicted molar refractivity (Wildman–Crippen MR) is 70.3 cm³/mol. The maximum Gasteiger partial charge on any atom is 0.222 e. The first-order valence-corrected chi connectivity index (χ1v) is 6.30. The van der Waals surface area contributed by atoms with E-state index in [1.807, 2.05) is 24.3 Å². The SMILES string of the molecule is COc1ccccc1CN1C[C@H](C(N)=O)CCC1=O. The number of amides is 2. The fourth-order valence-corrected chi connectivity index (χ4v) is 2.34. The van der Waals surface area contributed by atoms with Crippen LogP contribution in [-0.2, 0) is 16.1 Å². The Labute approximate surface area is 112 Å². The minimum absolute atomic E-state index is 0.0587. The van der Waals surface area contributed by atoms with Crippen LogP contribution in [0.15, 0.2) is 24.3 Å². The van der Waals surface area contributed by atoms with E-state index in [0.29, 0.717) is 25.9 Å². The third kappa shape index (κ3) is 3.05. The summed E-state index contributed by atoms with van der Waals surface area (Å²) < 4.78 is 5.27. The van der Waals surface area contributed by atoms with Crippen LogP contribution in [-0.4, -0.2) is 30.4 Å². The molecule has 102 valence electrons. The Kier molecular flexibility index (Phi) is 4.04. The lowest BCUT2D eigenvalue weighted by Gasteiger charge is -2.31. The quantitative estimate of drug-likeness (QED) is 0.877. The van der Waals surface area contributed by atoms with Crippen molar-refractivity contribution in [3.05, 3.63) is 29.8 Å². The van der Waals surface area contributed by atoms with Crippen LogP contribution >= 0.6 is 0 Å². The molecule has 2 amide bonds. The molecule has 2 N–H and O–H groups in total. The lowest BCUT2D eigenvalue weighted by atomic mass is 9.96. The molecule has 1 fully saturated rings. The van der Waals surface area contributed by atoms with E-state index in [4.69, 9.17) is 10.5 Å². The highest BCUT2D eigenvalue weighted by Crippen LogP contribution is 2.23. The van der Waals surface area contributed by atoms with Crippen LogP contribution in [0.1, 0.15) is 18.4 Å². The molecule has 0 aliphatic carbocycles. The van der Waals surface area contributed by atoms with Crippen molar-refractivity contribution in [2.45, 2.75) is 19.4 Å². The predicted octanol–water partition coefficient (Wildman–Crippen LogP) is 0.919. The zero-order chi connectivity index (χ0) is 13.8. The summed E-state index contributed by atoms with van der Waals surface area (Å²) in [5.74, 6) is 0.227. The number of hydrogen-bond donors (Lipinski definition) is 1. The maximum atomic E-state index is 11.9. The largest absolute Gasteiger partial charge is 0.496 e. The molecule has 0 radical (unpaired) electrons. The summed E-state index contributed by atoms with van der Waals surface area (Å²) in [5.41, 5.74) is 6.26. The number of carbonyl (C=O) groups excluding carboxylic acids is 2. The second kappa shape index (κ2) is 5.73. The Balaban J connectivity index is 2.12. The van der Waals surface area contributed by atoms with Crippen LogP contribution in [0, 0.1) is 5.92 Å². The zero-order valence-electron chi connectivity index (χ0n) is 11.0. The Morgan fingerprint density at radius 1 is 1.47 bits per heavy atom. The number of benzene rings is 1. The lowest BCUT2D eigenvalue weighted by molar-refractivity contribution is -0.138. The highest BCUT2D eigenvalue weighted by molar-refractivity contribution is 5.82. The van der Waals surface area contributed by atoms with Crippen LogP contribution < -0.4 is 10.5 Å². The molecule has 0 bridgehead atoms. The van der Waals surface area contributed by atoms with Gasteiger partial charge in [-0.15, -0.1) is 0 Å². The fraction of sp³-hybridized carbons (Fsp3) is 0.429. The van der Waals surface area contributed by atoms with E-state index < -0.39 is 0 Å². The van der Waals surface area contributed by atoms with E-state index in [1.54, 1.807) is 12.0 Å². The molecule has 1 heterocycles. The van der Waals surface area contributed by atoms with E-state index in [9.17, 15) is 9.59 Å². The Morgan fingerprint density at radius 2 is 2.21 bits per heavy atom. The molecular formula is C14H18N2O3. The number of likely N-dealkylation sites (tertiary alicyclic amines) is 1. The highest BCUT2D eigenvalue weighted by Gasteiger charge is 2.29.